The van der Waals surface area contributed by atoms with E-state index in [0.29, 0.717) is 18.8 Å². The molecule has 3 rings (SSSR count). The van der Waals surface area contributed by atoms with Crippen molar-refractivity contribution in [1.29, 1.82) is 0 Å². The quantitative estimate of drug-likeness (QED) is 0.408. The van der Waals surface area contributed by atoms with Crippen LogP contribution < -0.4 is 4.18 Å². The van der Waals surface area contributed by atoms with Crippen LogP contribution in [0.5, 0.6) is 5.75 Å². The summed E-state index contributed by atoms with van der Waals surface area (Å²) in [6, 6.07) is 4.46. The lowest BCUT2D eigenvalue weighted by molar-refractivity contribution is -0.0500. The SMILES string of the molecule is CC.CCC.CCC12CCC(O)CC1CCCc1cc(OS(=O)(=O)C(F)(F)F)ccc12. The minimum atomic E-state index is -5.67. The van der Waals surface area contributed by atoms with Crippen molar-refractivity contribution in [2.75, 3.05) is 0 Å². The van der Waals surface area contributed by atoms with Crippen molar-refractivity contribution < 1.29 is 30.9 Å². The van der Waals surface area contributed by atoms with E-state index in [4.69, 9.17) is 0 Å². The zero-order valence-corrected chi connectivity index (χ0v) is 20.1. The maximum atomic E-state index is 12.6. The molecule has 0 saturated heterocycles. The number of hydrogen-bond acceptors (Lipinski definition) is 4. The Kier molecular flexibility index (Phi) is 10.3. The van der Waals surface area contributed by atoms with Gasteiger partial charge in [-0.05, 0) is 79.5 Å². The highest BCUT2D eigenvalue weighted by atomic mass is 32.2. The number of hydrogen-bond donors (Lipinski definition) is 1. The van der Waals surface area contributed by atoms with Gasteiger partial charge < -0.3 is 9.29 Å². The van der Waals surface area contributed by atoms with Gasteiger partial charge in [-0.15, -0.1) is 0 Å². The monoisotopic (exact) mass is 466 g/mol. The molecule has 0 bridgehead atoms. The lowest BCUT2D eigenvalue weighted by Gasteiger charge is -2.46. The maximum Gasteiger partial charge on any atom is 0.534 e. The number of aliphatic hydroxyl groups is 1. The highest BCUT2D eigenvalue weighted by molar-refractivity contribution is 7.88. The topological polar surface area (TPSA) is 63.6 Å². The first-order chi connectivity index (χ1) is 14.5. The largest absolute Gasteiger partial charge is 0.534 e. The van der Waals surface area contributed by atoms with Gasteiger partial charge in [-0.3, -0.25) is 0 Å². The van der Waals surface area contributed by atoms with Crippen molar-refractivity contribution in [3.63, 3.8) is 0 Å². The Labute approximate surface area is 185 Å². The van der Waals surface area contributed by atoms with Gasteiger partial charge in [0, 0.05) is 0 Å². The standard InChI is InChI=1S/C18H23F3O4S.C3H8.C2H6/c1-2-17-9-8-14(22)11-13(17)5-3-4-12-10-15(6-7-16(12)17)25-26(23,24)18(19,20)21;1-3-2;1-2/h6-7,10,13-14,22H,2-5,8-9,11H2,1H3;3H2,1-2H3;1-2H3. The van der Waals surface area contributed by atoms with Crippen LogP contribution in [0.3, 0.4) is 0 Å². The average Bonchev–Trinajstić information content (AvgIpc) is 2.85. The fourth-order valence-corrected chi connectivity index (χ4v) is 5.18. The Morgan fingerprint density at radius 2 is 1.77 bits per heavy atom. The summed E-state index contributed by atoms with van der Waals surface area (Å²) in [7, 11) is -5.67. The Balaban J connectivity index is 0.000000884. The van der Waals surface area contributed by atoms with E-state index < -0.39 is 15.6 Å². The summed E-state index contributed by atoms with van der Waals surface area (Å²) in [4.78, 5) is 0. The Bertz CT molecular complexity index is 793. The summed E-state index contributed by atoms with van der Waals surface area (Å²) >= 11 is 0. The average molecular weight is 467 g/mol. The van der Waals surface area contributed by atoms with Crippen molar-refractivity contribution in [2.45, 2.75) is 103 Å². The van der Waals surface area contributed by atoms with E-state index in [2.05, 4.69) is 25.0 Å². The summed E-state index contributed by atoms with van der Waals surface area (Å²) in [5.74, 6) is 0.0183. The highest BCUT2D eigenvalue weighted by Gasteiger charge is 2.49. The lowest BCUT2D eigenvalue weighted by Crippen LogP contribution is -2.41. The fraction of sp³-hybridized carbons (Fsp3) is 0.739. The van der Waals surface area contributed by atoms with Crippen molar-refractivity contribution in [2.24, 2.45) is 5.92 Å². The molecule has 1 N–H and O–H groups in total. The maximum absolute atomic E-state index is 12.6. The minimum Gasteiger partial charge on any atom is -0.393 e. The van der Waals surface area contributed by atoms with Crippen molar-refractivity contribution >= 4 is 10.1 Å². The molecule has 2 aliphatic carbocycles. The van der Waals surface area contributed by atoms with Crippen molar-refractivity contribution in [3.8, 4) is 5.75 Å². The molecule has 0 heterocycles. The number of halogens is 3. The number of alkyl halides is 3. The number of aryl methyl sites for hydroxylation is 1. The molecule has 31 heavy (non-hydrogen) atoms. The zero-order valence-electron chi connectivity index (χ0n) is 19.3. The van der Waals surface area contributed by atoms with Crippen LogP contribution in [-0.4, -0.2) is 25.1 Å². The molecule has 0 amide bonds. The summed E-state index contributed by atoms with van der Waals surface area (Å²) in [5.41, 5.74) is -3.66. The van der Waals surface area contributed by atoms with Gasteiger partial charge in [0.05, 0.1) is 6.10 Å². The number of benzene rings is 1. The third kappa shape index (κ3) is 6.37. The van der Waals surface area contributed by atoms with Gasteiger partial charge in [0.25, 0.3) is 0 Å². The number of rotatable bonds is 3. The molecule has 1 saturated carbocycles. The Morgan fingerprint density at radius 1 is 1.16 bits per heavy atom. The zero-order chi connectivity index (χ0) is 23.9. The van der Waals surface area contributed by atoms with Crippen LogP contribution in [-0.2, 0) is 22.0 Å². The van der Waals surface area contributed by atoms with Gasteiger partial charge in [-0.2, -0.15) is 21.6 Å². The summed E-state index contributed by atoms with van der Waals surface area (Å²) < 4.78 is 64.5. The number of fused-ring (bicyclic) bond motifs is 3. The van der Waals surface area contributed by atoms with E-state index in [1.165, 1.54) is 18.6 Å². The van der Waals surface area contributed by atoms with Crippen LogP contribution in [0.2, 0.25) is 0 Å². The van der Waals surface area contributed by atoms with Crippen molar-refractivity contribution in [3.05, 3.63) is 29.3 Å². The predicted octanol–water partition coefficient (Wildman–Crippen LogP) is 6.50. The molecule has 3 atom stereocenters. The molecule has 1 aromatic rings. The first-order valence-corrected chi connectivity index (χ1v) is 12.7. The van der Waals surface area contributed by atoms with Gasteiger partial charge in [-0.25, -0.2) is 0 Å². The molecule has 0 aromatic heterocycles. The van der Waals surface area contributed by atoms with E-state index in [-0.39, 0.29) is 17.3 Å². The lowest BCUT2D eigenvalue weighted by atomic mass is 9.59. The van der Waals surface area contributed by atoms with Crippen LogP contribution in [0.15, 0.2) is 18.2 Å². The summed E-state index contributed by atoms with van der Waals surface area (Å²) in [5, 5.41) is 10.1. The van der Waals surface area contributed by atoms with Crippen LogP contribution in [0, 0.1) is 5.92 Å². The third-order valence-corrected chi connectivity index (χ3v) is 6.97. The van der Waals surface area contributed by atoms with Gasteiger partial charge in [0.1, 0.15) is 5.75 Å². The van der Waals surface area contributed by atoms with Crippen LogP contribution in [0.25, 0.3) is 0 Å². The molecule has 3 unspecified atom stereocenters. The summed E-state index contributed by atoms with van der Waals surface area (Å²) in [6.45, 7) is 10.3. The van der Waals surface area contributed by atoms with Gasteiger partial charge in [-0.1, -0.05) is 47.1 Å². The molecule has 0 aliphatic heterocycles. The predicted molar refractivity (Wildman–Crippen MR) is 118 cm³/mol. The van der Waals surface area contributed by atoms with Gasteiger partial charge in [0.15, 0.2) is 0 Å². The number of aliphatic hydroxyl groups excluding tert-OH is 1. The second kappa shape index (κ2) is 11.5. The second-order valence-electron chi connectivity index (χ2n) is 8.04. The van der Waals surface area contributed by atoms with Gasteiger partial charge >= 0.3 is 15.6 Å². The highest BCUT2D eigenvalue weighted by Crippen LogP contribution is 2.51. The molecular weight excluding hydrogens is 429 g/mol. The van der Waals surface area contributed by atoms with E-state index in [1.807, 2.05) is 13.8 Å². The Hall–Kier alpha value is -1.28. The molecule has 180 valence electrons. The first-order valence-electron chi connectivity index (χ1n) is 11.3. The van der Waals surface area contributed by atoms with Crippen LogP contribution in [0.1, 0.15) is 90.7 Å². The first kappa shape index (κ1) is 27.8. The normalized spacial score (nSPS) is 25.5. The minimum absolute atomic E-state index is 0.119. The van der Waals surface area contributed by atoms with Crippen LogP contribution >= 0.6 is 0 Å². The van der Waals surface area contributed by atoms with E-state index >= 15 is 0 Å². The van der Waals surface area contributed by atoms with E-state index in [0.717, 1.165) is 43.2 Å². The molecule has 1 aromatic carbocycles. The third-order valence-electron chi connectivity index (χ3n) is 5.99. The molecule has 1 fully saturated rings. The smallest absolute Gasteiger partial charge is 0.393 e. The Morgan fingerprint density at radius 3 is 2.32 bits per heavy atom. The fourth-order valence-electron chi connectivity index (χ4n) is 4.73. The molecule has 4 nitrogen and oxygen atoms in total. The second-order valence-corrected chi connectivity index (χ2v) is 9.57. The molecular formula is C23H37F3O4S. The molecule has 8 heteroatoms. The van der Waals surface area contributed by atoms with Crippen LogP contribution in [0.4, 0.5) is 13.2 Å². The van der Waals surface area contributed by atoms with Gasteiger partial charge in [0.2, 0.25) is 0 Å². The molecule has 2 aliphatic rings. The molecule has 0 radical (unpaired) electrons. The van der Waals surface area contributed by atoms with E-state index in [9.17, 15) is 26.7 Å². The van der Waals surface area contributed by atoms with E-state index in [1.54, 1.807) is 6.07 Å². The molecule has 0 spiro atoms. The summed E-state index contributed by atoms with van der Waals surface area (Å²) in [6.07, 6.45) is 6.52. The van der Waals surface area contributed by atoms with Crippen molar-refractivity contribution in [1.82, 2.24) is 0 Å².